The molecule has 13 nitrogen and oxygen atoms in total. The molecule has 0 bridgehead atoms. The van der Waals surface area contributed by atoms with E-state index in [0.29, 0.717) is 0 Å². The van der Waals surface area contributed by atoms with E-state index in [1.807, 2.05) is 0 Å². The SMILES string of the molecule is Cn1c(=O)c2ncn([C@@H]3O[C@H](COC(=O)c4ccccc4)[C@@H](OC(=O)c4ccccc4)[C@H](O)[C@H]3O)c2n(C)c1=O. The van der Waals surface area contributed by atoms with E-state index in [0.717, 1.165) is 9.13 Å². The molecule has 0 aliphatic carbocycles. The summed E-state index contributed by atoms with van der Waals surface area (Å²) >= 11 is 0. The number of fused-ring (bicyclic) bond motifs is 1. The molecule has 0 unspecified atom stereocenters. The number of aliphatic hydroxyl groups is 2. The van der Waals surface area contributed by atoms with Crippen molar-refractivity contribution in [3.8, 4) is 0 Å². The van der Waals surface area contributed by atoms with Gasteiger partial charge in [-0.25, -0.2) is 19.4 Å². The Labute approximate surface area is 226 Å². The van der Waals surface area contributed by atoms with Crippen LogP contribution in [0.1, 0.15) is 26.9 Å². The Morgan fingerprint density at radius 1 is 0.900 bits per heavy atom. The van der Waals surface area contributed by atoms with Crippen LogP contribution in [0.3, 0.4) is 0 Å². The second-order valence-corrected chi connectivity index (χ2v) is 9.28. The first kappa shape index (κ1) is 27.0. The van der Waals surface area contributed by atoms with Gasteiger partial charge in [-0.3, -0.25) is 18.5 Å². The van der Waals surface area contributed by atoms with Crippen molar-refractivity contribution in [1.29, 1.82) is 0 Å². The van der Waals surface area contributed by atoms with Gasteiger partial charge in [0.2, 0.25) is 0 Å². The van der Waals surface area contributed by atoms with Crippen LogP contribution in [0, 0.1) is 0 Å². The Bertz CT molecular complexity index is 1660. The van der Waals surface area contributed by atoms with Crippen LogP contribution in [0.2, 0.25) is 0 Å². The number of hydrogen-bond acceptors (Lipinski definition) is 10. The fourth-order valence-corrected chi connectivity index (χ4v) is 4.60. The van der Waals surface area contributed by atoms with Crippen molar-refractivity contribution in [2.24, 2.45) is 14.1 Å². The topological polar surface area (TPSA) is 164 Å². The third-order valence-corrected chi connectivity index (χ3v) is 6.74. The van der Waals surface area contributed by atoms with Crippen LogP contribution in [0.25, 0.3) is 11.2 Å². The number of esters is 2. The summed E-state index contributed by atoms with van der Waals surface area (Å²) in [4.78, 5) is 54.8. The summed E-state index contributed by atoms with van der Waals surface area (Å²) in [5, 5.41) is 22.2. The van der Waals surface area contributed by atoms with Crippen molar-refractivity contribution in [3.05, 3.63) is 99.0 Å². The number of hydrogen-bond donors (Lipinski definition) is 2. The lowest BCUT2D eigenvalue weighted by molar-refractivity contribution is -0.250. The molecule has 2 N–H and O–H groups in total. The van der Waals surface area contributed by atoms with Crippen molar-refractivity contribution in [2.75, 3.05) is 6.61 Å². The second-order valence-electron chi connectivity index (χ2n) is 9.28. The number of aryl methyl sites for hydroxylation is 1. The first-order valence-electron chi connectivity index (χ1n) is 12.3. The van der Waals surface area contributed by atoms with Gasteiger partial charge in [-0.2, -0.15) is 0 Å². The molecule has 0 radical (unpaired) electrons. The van der Waals surface area contributed by atoms with Crippen LogP contribution in [0.15, 0.2) is 76.6 Å². The minimum Gasteiger partial charge on any atom is -0.459 e. The number of aliphatic hydroxyl groups excluding tert-OH is 2. The van der Waals surface area contributed by atoms with Gasteiger partial charge < -0.3 is 24.4 Å². The normalized spacial score (nSPS) is 22.6. The lowest BCUT2D eigenvalue weighted by Gasteiger charge is -2.42. The van der Waals surface area contributed by atoms with Crippen LogP contribution < -0.4 is 11.2 Å². The van der Waals surface area contributed by atoms with Crippen LogP contribution in [-0.2, 0) is 28.3 Å². The Balaban J connectivity index is 1.49. The number of ether oxygens (including phenoxy) is 3. The van der Waals surface area contributed by atoms with E-state index in [4.69, 9.17) is 14.2 Å². The molecule has 1 saturated heterocycles. The molecule has 1 aliphatic rings. The summed E-state index contributed by atoms with van der Waals surface area (Å²) in [6.45, 7) is -0.464. The number of benzene rings is 2. The summed E-state index contributed by atoms with van der Waals surface area (Å²) in [5.41, 5.74) is -0.889. The quantitative estimate of drug-likeness (QED) is 0.316. The molecule has 5 atom stereocenters. The van der Waals surface area contributed by atoms with Crippen LogP contribution in [0.5, 0.6) is 0 Å². The van der Waals surface area contributed by atoms with Gasteiger partial charge in [0.15, 0.2) is 23.5 Å². The van der Waals surface area contributed by atoms with E-state index in [9.17, 15) is 29.4 Å². The maximum atomic E-state index is 12.8. The van der Waals surface area contributed by atoms with E-state index < -0.39 is 60.4 Å². The van der Waals surface area contributed by atoms with Gasteiger partial charge in [0.05, 0.1) is 17.5 Å². The third-order valence-electron chi connectivity index (χ3n) is 6.74. The highest BCUT2D eigenvalue weighted by molar-refractivity contribution is 5.90. The number of nitrogens with zero attached hydrogens (tertiary/aromatic N) is 4. The summed E-state index contributed by atoms with van der Waals surface area (Å²) < 4.78 is 20.3. The van der Waals surface area contributed by atoms with Crippen molar-refractivity contribution < 1.29 is 34.0 Å². The Kier molecular flexibility index (Phi) is 7.34. The molecular formula is C27H26N4O9. The van der Waals surface area contributed by atoms with Crippen molar-refractivity contribution in [2.45, 2.75) is 30.6 Å². The lowest BCUT2D eigenvalue weighted by atomic mass is 9.97. The molecule has 0 amide bonds. The van der Waals surface area contributed by atoms with Crippen molar-refractivity contribution >= 4 is 23.1 Å². The lowest BCUT2D eigenvalue weighted by Crippen LogP contribution is -2.58. The van der Waals surface area contributed by atoms with Gasteiger partial charge in [0.25, 0.3) is 5.56 Å². The number of carbonyl (C=O) groups excluding carboxylic acids is 2. The molecule has 1 fully saturated rings. The minimum atomic E-state index is -1.71. The molecule has 0 saturated carbocycles. The molecule has 2 aromatic heterocycles. The average molecular weight is 551 g/mol. The van der Waals surface area contributed by atoms with Crippen molar-refractivity contribution in [1.82, 2.24) is 18.7 Å². The molecule has 40 heavy (non-hydrogen) atoms. The van der Waals surface area contributed by atoms with Crippen molar-refractivity contribution in [3.63, 3.8) is 0 Å². The predicted molar refractivity (Wildman–Crippen MR) is 139 cm³/mol. The van der Waals surface area contributed by atoms with E-state index in [-0.39, 0.29) is 22.3 Å². The molecule has 3 heterocycles. The zero-order chi connectivity index (χ0) is 28.6. The van der Waals surface area contributed by atoms with E-state index >= 15 is 0 Å². The third kappa shape index (κ3) is 4.81. The zero-order valence-corrected chi connectivity index (χ0v) is 21.5. The summed E-state index contributed by atoms with van der Waals surface area (Å²) in [7, 11) is 2.72. The average Bonchev–Trinajstić information content (AvgIpc) is 3.42. The molecule has 2 aromatic carbocycles. The highest BCUT2D eigenvalue weighted by Crippen LogP contribution is 2.32. The van der Waals surface area contributed by atoms with Gasteiger partial charge in [-0.05, 0) is 24.3 Å². The monoisotopic (exact) mass is 550 g/mol. The molecule has 5 rings (SSSR count). The molecule has 0 spiro atoms. The number of carbonyl (C=O) groups is 2. The smallest absolute Gasteiger partial charge is 0.338 e. The first-order valence-corrected chi connectivity index (χ1v) is 12.3. The Morgan fingerprint density at radius 2 is 1.50 bits per heavy atom. The minimum absolute atomic E-state index is 0.0316. The highest BCUT2D eigenvalue weighted by atomic mass is 16.6. The fourth-order valence-electron chi connectivity index (χ4n) is 4.60. The van der Waals surface area contributed by atoms with Crippen LogP contribution in [0.4, 0.5) is 0 Å². The molecule has 208 valence electrons. The van der Waals surface area contributed by atoms with Crippen LogP contribution in [-0.4, -0.2) is 71.9 Å². The van der Waals surface area contributed by atoms with E-state index in [1.165, 1.54) is 37.1 Å². The summed E-state index contributed by atoms with van der Waals surface area (Å²) in [6.07, 6.45) is -6.34. The number of imidazole rings is 1. The second kappa shape index (κ2) is 10.9. The van der Waals surface area contributed by atoms with Gasteiger partial charge in [-0.15, -0.1) is 0 Å². The largest absolute Gasteiger partial charge is 0.459 e. The van der Waals surface area contributed by atoms with Gasteiger partial charge >= 0.3 is 17.6 Å². The maximum Gasteiger partial charge on any atom is 0.338 e. The van der Waals surface area contributed by atoms with Crippen LogP contribution >= 0.6 is 0 Å². The fraction of sp³-hybridized carbons (Fsp3) is 0.296. The molecule has 13 heteroatoms. The summed E-state index contributed by atoms with van der Waals surface area (Å²) in [6, 6.07) is 16.2. The standard InChI is InChI=1S/C27H26N4O9/c1-29-22-18(23(34)30(2)27(29)37)28-14-31(22)24-20(33)19(32)21(40-26(36)16-11-7-4-8-12-16)17(39-24)13-38-25(35)15-9-5-3-6-10-15/h3-12,14,17,19-21,24,32-33H,13H2,1-2H3/t17-,19-,20-,21-,24-/m1/s1. The Morgan fingerprint density at radius 3 is 2.12 bits per heavy atom. The van der Waals surface area contributed by atoms with Gasteiger partial charge in [-0.1, -0.05) is 36.4 Å². The Hall–Kier alpha value is -4.59. The zero-order valence-electron chi connectivity index (χ0n) is 21.5. The first-order chi connectivity index (χ1) is 19.2. The van der Waals surface area contributed by atoms with Gasteiger partial charge in [0.1, 0.15) is 24.9 Å². The maximum absolute atomic E-state index is 12.8. The van der Waals surface area contributed by atoms with Gasteiger partial charge in [0, 0.05) is 14.1 Å². The highest BCUT2D eigenvalue weighted by Gasteiger charge is 2.48. The summed E-state index contributed by atoms with van der Waals surface area (Å²) in [5.74, 6) is -1.48. The molecular weight excluding hydrogens is 524 g/mol. The number of rotatable bonds is 6. The molecule has 4 aromatic rings. The predicted octanol–water partition coefficient (Wildman–Crippen LogP) is 0.135. The van der Waals surface area contributed by atoms with E-state index in [2.05, 4.69) is 4.98 Å². The molecule has 1 aliphatic heterocycles. The van der Waals surface area contributed by atoms with E-state index in [1.54, 1.807) is 48.5 Å². The number of aromatic nitrogens is 4.